The van der Waals surface area contributed by atoms with Gasteiger partial charge in [0.1, 0.15) is 11.8 Å². The molecule has 3 N–H and O–H groups in total. The molecule has 1 aliphatic heterocycles. The molecule has 0 radical (unpaired) electrons. The normalized spacial score (nSPS) is 20.6. The minimum Gasteiger partial charge on any atom is -0.497 e. The fourth-order valence-electron chi connectivity index (χ4n) is 3.34. The number of amides is 1. The Labute approximate surface area is 161 Å². The first-order valence-electron chi connectivity index (χ1n) is 8.21. The number of aliphatic hydroxyl groups excluding tert-OH is 1. The average molecular weight is 412 g/mol. The minimum absolute atomic E-state index is 0.000911. The quantitative estimate of drug-likeness (QED) is 0.497. The molecule has 3 rings (SSSR count). The van der Waals surface area contributed by atoms with Crippen molar-refractivity contribution in [2.24, 2.45) is 0 Å². The number of methoxy groups -OCH3 is 1. The van der Waals surface area contributed by atoms with Gasteiger partial charge < -0.3 is 9.84 Å². The van der Waals surface area contributed by atoms with E-state index in [1.54, 1.807) is 11.5 Å². The van der Waals surface area contributed by atoms with E-state index in [2.05, 4.69) is 0 Å². The Bertz CT molecular complexity index is 910. The van der Waals surface area contributed by atoms with Crippen molar-refractivity contribution in [2.45, 2.75) is 23.3 Å². The molecule has 0 aliphatic carbocycles. The topological polar surface area (TPSA) is 116 Å². The van der Waals surface area contributed by atoms with Gasteiger partial charge in [-0.3, -0.25) is 10.0 Å². The molecule has 0 saturated heterocycles. The maximum absolute atomic E-state index is 13.3. The summed E-state index contributed by atoms with van der Waals surface area (Å²) >= 11 is 1.45. The number of nitrogens with zero attached hydrogens (tertiary/aromatic N) is 1. The van der Waals surface area contributed by atoms with E-state index in [9.17, 15) is 23.5 Å². The van der Waals surface area contributed by atoms with Crippen LogP contribution >= 0.6 is 11.3 Å². The van der Waals surface area contributed by atoms with Gasteiger partial charge in [-0.05, 0) is 47.7 Å². The van der Waals surface area contributed by atoms with Crippen molar-refractivity contribution >= 4 is 27.3 Å². The summed E-state index contributed by atoms with van der Waals surface area (Å²) < 4.78 is 32.6. The van der Waals surface area contributed by atoms with Crippen molar-refractivity contribution in [3.05, 3.63) is 46.2 Å². The smallest absolute Gasteiger partial charge is 0.262 e. The predicted molar refractivity (Wildman–Crippen MR) is 98.5 cm³/mol. The number of rotatable bonds is 5. The lowest BCUT2D eigenvalue weighted by molar-refractivity contribution is -0.134. The fraction of sp³-hybridized carbons (Fsp3) is 0.353. The second kappa shape index (κ2) is 7.95. The number of carbonyl (C=O) groups excluding carboxylic acids is 1. The summed E-state index contributed by atoms with van der Waals surface area (Å²) in [7, 11) is -2.58. The van der Waals surface area contributed by atoms with Gasteiger partial charge in [-0.2, -0.15) is 4.31 Å². The summed E-state index contributed by atoms with van der Waals surface area (Å²) in [5.74, 6) is -1.16. The van der Waals surface area contributed by atoms with Gasteiger partial charge in [-0.15, -0.1) is 11.3 Å². The number of hydroxylamine groups is 1. The lowest BCUT2D eigenvalue weighted by Crippen LogP contribution is -2.52. The van der Waals surface area contributed by atoms with Crippen LogP contribution in [0.25, 0.3) is 0 Å². The minimum atomic E-state index is -4.05. The van der Waals surface area contributed by atoms with Gasteiger partial charge in [0.15, 0.2) is 0 Å². The summed E-state index contributed by atoms with van der Waals surface area (Å²) in [6, 6.07) is 6.34. The summed E-state index contributed by atoms with van der Waals surface area (Å²) in [5.41, 5.74) is 2.27. The van der Waals surface area contributed by atoms with E-state index >= 15 is 0 Å². The second-order valence-electron chi connectivity index (χ2n) is 6.05. The maximum atomic E-state index is 13.3. The van der Waals surface area contributed by atoms with Crippen LogP contribution in [0.1, 0.15) is 16.4 Å². The first-order valence-corrected chi connectivity index (χ1v) is 10.5. The van der Waals surface area contributed by atoms with Crippen LogP contribution in [0.5, 0.6) is 5.75 Å². The Balaban J connectivity index is 2.08. The van der Waals surface area contributed by atoms with Crippen LogP contribution in [-0.2, 0) is 21.2 Å². The summed E-state index contributed by atoms with van der Waals surface area (Å²) in [6.07, 6.45) is 0.411. The molecule has 2 atom stereocenters. The highest BCUT2D eigenvalue weighted by Gasteiger charge is 2.43. The van der Waals surface area contributed by atoms with E-state index in [-0.39, 0.29) is 11.4 Å². The molecular formula is C17H20N2O6S2. The zero-order chi connectivity index (χ0) is 19.6. The molecule has 146 valence electrons. The van der Waals surface area contributed by atoms with Crippen molar-refractivity contribution in [1.29, 1.82) is 0 Å². The van der Waals surface area contributed by atoms with E-state index in [0.717, 1.165) is 14.7 Å². The Morgan fingerprint density at radius 2 is 2.04 bits per heavy atom. The number of aliphatic hydroxyl groups is 1. The molecule has 0 unspecified atom stereocenters. The van der Waals surface area contributed by atoms with E-state index < -0.39 is 34.5 Å². The van der Waals surface area contributed by atoms with E-state index in [4.69, 9.17) is 4.74 Å². The molecule has 1 aliphatic rings. The molecular weight excluding hydrogens is 392 g/mol. The monoisotopic (exact) mass is 412 g/mol. The summed E-state index contributed by atoms with van der Waals surface area (Å²) in [6.45, 7) is -0.382. The van der Waals surface area contributed by atoms with Crippen LogP contribution in [0.4, 0.5) is 0 Å². The lowest BCUT2D eigenvalue weighted by atomic mass is 9.93. The van der Waals surface area contributed by atoms with Gasteiger partial charge in [0.05, 0.1) is 18.6 Å². The van der Waals surface area contributed by atoms with Gasteiger partial charge >= 0.3 is 0 Å². The second-order valence-corrected chi connectivity index (χ2v) is 8.94. The zero-order valence-corrected chi connectivity index (χ0v) is 16.2. The molecule has 1 amide bonds. The lowest BCUT2D eigenvalue weighted by Gasteiger charge is -2.32. The van der Waals surface area contributed by atoms with Crippen molar-refractivity contribution in [3.8, 4) is 5.75 Å². The van der Waals surface area contributed by atoms with Crippen molar-refractivity contribution < 1.29 is 28.3 Å². The Kier molecular flexibility index (Phi) is 5.82. The third-order valence-corrected chi connectivity index (χ3v) is 7.56. The zero-order valence-electron chi connectivity index (χ0n) is 14.5. The summed E-state index contributed by atoms with van der Waals surface area (Å²) in [4.78, 5) is 13.3. The van der Waals surface area contributed by atoms with Crippen LogP contribution in [-0.4, -0.2) is 55.2 Å². The number of fused-ring (bicyclic) bond motifs is 1. The number of nitrogens with one attached hydrogen (secondary N) is 1. The SMILES string of the molecule is COc1ccc(S(=O)(=O)N2CCc3sccc3[C@H](CO)[C@@H]2C(=O)NO)cc1. The third-order valence-electron chi connectivity index (χ3n) is 4.67. The molecule has 0 fully saturated rings. The molecule has 27 heavy (non-hydrogen) atoms. The first kappa shape index (κ1) is 19.8. The Morgan fingerprint density at radius 1 is 1.33 bits per heavy atom. The highest BCUT2D eigenvalue weighted by atomic mass is 32.2. The number of carbonyl (C=O) groups is 1. The standard InChI is InChI=1S/C17H20N2O6S2/c1-25-11-2-4-12(5-3-11)27(23,24)19-8-6-15-13(7-9-26-15)14(10-20)16(19)17(21)18-22/h2-5,7,9,14,16,20,22H,6,8,10H2,1H3,(H,18,21)/t14-,16+/m0/s1. The van der Waals surface area contributed by atoms with Crippen molar-refractivity contribution in [3.63, 3.8) is 0 Å². The molecule has 2 aromatic rings. The number of hydrogen-bond acceptors (Lipinski definition) is 7. The summed E-state index contributed by atoms with van der Waals surface area (Å²) in [5, 5.41) is 21.0. The predicted octanol–water partition coefficient (Wildman–Crippen LogP) is 0.954. The maximum Gasteiger partial charge on any atom is 0.262 e. The van der Waals surface area contributed by atoms with Crippen LogP contribution in [0.15, 0.2) is 40.6 Å². The van der Waals surface area contributed by atoms with E-state index in [1.807, 2.05) is 5.38 Å². The van der Waals surface area contributed by atoms with Gasteiger partial charge in [0.25, 0.3) is 5.91 Å². The molecule has 2 heterocycles. The number of benzene rings is 1. The van der Waals surface area contributed by atoms with Crippen molar-refractivity contribution in [2.75, 3.05) is 20.3 Å². The Hall–Kier alpha value is -1.98. The first-order chi connectivity index (χ1) is 12.9. The van der Waals surface area contributed by atoms with E-state index in [1.165, 1.54) is 42.7 Å². The molecule has 10 heteroatoms. The van der Waals surface area contributed by atoms with Crippen LogP contribution in [0.3, 0.4) is 0 Å². The molecule has 8 nitrogen and oxygen atoms in total. The molecule has 1 aromatic heterocycles. The van der Waals surface area contributed by atoms with Gasteiger partial charge in [-0.25, -0.2) is 13.9 Å². The van der Waals surface area contributed by atoms with Crippen LogP contribution in [0, 0.1) is 0 Å². The van der Waals surface area contributed by atoms with E-state index in [0.29, 0.717) is 12.2 Å². The van der Waals surface area contributed by atoms with Gasteiger partial charge in [0.2, 0.25) is 10.0 Å². The number of sulfonamides is 1. The number of hydrogen-bond donors (Lipinski definition) is 3. The number of ether oxygens (including phenoxy) is 1. The largest absolute Gasteiger partial charge is 0.497 e. The highest BCUT2D eigenvalue weighted by molar-refractivity contribution is 7.89. The van der Waals surface area contributed by atoms with Crippen LogP contribution < -0.4 is 10.2 Å². The molecule has 0 bridgehead atoms. The highest BCUT2D eigenvalue weighted by Crippen LogP contribution is 2.36. The van der Waals surface area contributed by atoms with Crippen LogP contribution in [0.2, 0.25) is 0 Å². The molecule has 1 aromatic carbocycles. The third kappa shape index (κ3) is 3.58. The average Bonchev–Trinajstić information content (AvgIpc) is 3.08. The van der Waals surface area contributed by atoms with Gasteiger partial charge in [-0.1, -0.05) is 0 Å². The Morgan fingerprint density at radius 3 is 2.63 bits per heavy atom. The number of thiophene rings is 1. The van der Waals surface area contributed by atoms with Gasteiger partial charge in [0, 0.05) is 17.3 Å². The van der Waals surface area contributed by atoms with Crippen molar-refractivity contribution in [1.82, 2.24) is 9.79 Å². The fourth-order valence-corrected chi connectivity index (χ4v) is 5.90. The molecule has 0 saturated carbocycles. The molecule has 0 spiro atoms.